The van der Waals surface area contributed by atoms with Gasteiger partial charge in [0, 0.05) is 12.0 Å². The molecule has 2 aromatic carbocycles. The van der Waals surface area contributed by atoms with E-state index >= 15 is 0 Å². The zero-order valence-corrected chi connectivity index (χ0v) is 13.0. The maximum absolute atomic E-state index is 12.3. The van der Waals surface area contributed by atoms with E-state index in [1.165, 1.54) is 11.1 Å². The molecule has 22 heavy (non-hydrogen) atoms. The van der Waals surface area contributed by atoms with Crippen molar-refractivity contribution in [1.82, 2.24) is 0 Å². The lowest BCUT2D eigenvalue weighted by atomic mass is 9.99. The van der Waals surface area contributed by atoms with Crippen LogP contribution in [-0.4, -0.2) is 18.4 Å². The summed E-state index contributed by atoms with van der Waals surface area (Å²) >= 11 is 0. The lowest BCUT2D eigenvalue weighted by molar-refractivity contribution is 0.0526. The normalized spacial score (nSPS) is 10.3. The smallest absolute Gasteiger partial charge is 0.338 e. The third kappa shape index (κ3) is 4.04. The quantitative estimate of drug-likeness (QED) is 0.598. The molecular formula is C19H20O3. The summed E-state index contributed by atoms with van der Waals surface area (Å²) in [6.45, 7) is 4.13. The summed E-state index contributed by atoms with van der Waals surface area (Å²) in [7, 11) is 0. The van der Waals surface area contributed by atoms with Gasteiger partial charge in [-0.1, -0.05) is 36.4 Å². The van der Waals surface area contributed by atoms with E-state index in [1.807, 2.05) is 31.2 Å². The molecule has 0 heterocycles. The molecule has 0 radical (unpaired) electrons. The molecule has 0 spiro atoms. The zero-order chi connectivity index (χ0) is 15.9. The molecule has 0 N–H and O–H groups in total. The van der Waals surface area contributed by atoms with Gasteiger partial charge in [0.2, 0.25) is 0 Å². The zero-order valence-electron chi connectivity index (χ0n) is 13.0. The predicted octanol–water partition coefficient (Wildman–Crippen LogP) is 3.99. The first-order valence-corrected chi connectivity index (χ1v) is 7.46. The maximum atomic E-state index is 12.3. The van der Waals surface area contributed by atoms with E-state index in [0.29, 0.717) is 30.6 Å². The van der Waals surface area contributed by atoms with Crippen molar-refractivity contribution in [3.05, 3.63) is 70.8 Å². The van der Waals surface area contributed by atoms with E-state index in [9.17, 15) is 9.59 Å². The lowest BCUT2D eigenvalue weighted by Gasteiger charge is -2.06. The minimum absolute atomic E-state index is 0.0365. The molecular weight excluding hydrogens is 276 g/mol. The van der Waals surface area contributed by atoms with Gasteiger partial charge in [0.25, 0.3) is 0 Å². The minimum atomic E-state index is -0.393. The van der Waals surface area contributed by atoms with Crippen LogP contribution in [0.1, 0.15) is 45.2 Å². The molecule has 0 bridgehead atoms. The summed E-state index contributed by atoms with van der Waals surface area (Å²) < 4.78 is 4.96. The Kier molecular flexibility index (Phi) is 5.48. The van der Waals surface area contributed by atoms with Crippen LogP contribution < -0.4 is 0 Å². The van der Waals surface area contributed by atoms with Crippen LogP contribution in [0.2, 0.25) is 0 Å². The SMILES string of the molecule is CCOC(=O)c1cccc(C(=O)CCc2ccccc2C)c1. The Labute approximate surface area is 130 Å². The highest BCUT2D eigenvalue weighted by atomic mass is 16.5. The molecule has 0 aromatic heterocycles. The Morgan fingerprint density at radius 2 is 1.73 bits per heavy atom. The van der Waals surface area contributed by atoms with Crippen molar-refractivity contribution in [2.24, 2.45) is 0 Å². The third-order valence-electron chi connectivity index (χ3n) is 3.58. The molecule has 3 heteroatoms. The fraction of sp³-hybridized carbons (Fsp3) is 0.263. The average Bonchev–Trinajstić information content (AvgIpc) is 2.54. The van der Waals surface area contributed by atoms with Crippen molar-refractivity contribution in [2.45, 2.75) is 26.7 Å². The van der Waals surface area contributed by atoms with Gasteiger partial charge in [-0.05, 0) is 43.5 Å². The number of benzene rings is 2. The Morgan fingerprint density at radius 3 is 2.45 bits per heavy atom. The van der Waals surface area contributed by atoms with Gasteiger partial charge in [-0.2, -0.15) is 0 Å². The van der Waals surface area contributed by atoms with Crippen LogP contribution in [0.5, 0.6) is 0 Å². The molecule has 0 amide bonds. The van der Waals surface area contributed by atoms with Gasteiger partial charge < -0.3 is 4.74 Å². The molecule has 0 aliphatic heterocycles. The topological polar surface area (TPSA) is 43.4 Å². The maximum Gasteiger partial charge on any atom is 0.338 e. The summed E-state index contributed by atoms with van der Waals surface area (Å²) in [5.41, 5.74) is 3.34. The Morgan fingerprint density at radius 1 is 1.00 bits per heavy atom. The Hall–Kier alpha value is -2.42. The second-order valence-electron chi connectivity index (χ2n) is 5.15. The highest BCUT2D eigenvalue weighted by Gasteiger charge is 2.11. The summed E-state index contributed by atoms with van der Waals surface area (Å²) in [6.07, 6.45) is 1.13. The van der Waals surface area contributed by atoms with Gasteiger partial charge >= 0.3 is 5.97 Å². The van der Waals surface area contributed by atoms with Crippen molar-refractivity contribution in [1.29, 1.82) is 0 Å². The molecule has 2 rings (SSSR count). The van der Waals surface area contributed by atoms with Crippen molar-refractivity contribution in [3.8, 4) is 0 Å². The van der Waals surface area contributed by atoms with Crippen LogP contribution in [0.3, 0.4) is 0 Å². The molecule has 0 unspecified atom stereocenters. The van der Waals surface area contributed by atoms with Gasteiger partial charge in [-0.25, -0.2) is 4.79 Å². The summed E-state index contributed by atoms with van der Waals surface area (Å²) in [4.78, 5) is 24.0. The fourth-order valence-electron chi connectivity index (χ4n) is 2.32. The number of rotatable bonds is 6. The summed E-state index contributed by atoms with van der Waals surface area (Å²) in [6, 6.07) is 14.8. The van der Waals surface area contributed by atoms with Crippen LogP contribution in [-0.2, 0) is 11.2 Å². The van der Waals surface area contributed by atoms with Gasteiger partial charge in [-0.3, -0.25) is 4.79 Å². The van der Waals surface area contributed by atoms with Gasteiger partial charge in [-0.15, -0.1) is 0 Å². The molecule has 0 aliphatic carbocycles. The second kappa shape index (κ2) is 7.55. The van der Waals surface area contributed by atoms with Crippen LogP contribution in [0, 0.1) is 6.92 Å². The fourth-order valence-corrected chi connectivity index (χ4v) is 2.32. The number of hydrogen-bond donors (Lipinski definition) is 0. The number of ether oxygens (including phenoxy) is 1. The summed E-state index contributed by atoms with van der Waals surface area (Å²) in [5, 5.41) is 0. The standard InChI is InChI=1S/C19H20O3/c1-3-22-19(21)17-10-6-9-16(13-17)18(20)12-11-15-8-5-4-7-14(15)2/h4-10,13H,3,11-12H2,1-2H3. The molecule has 3 nitrogen and oxygen atoms in total. The molecule has 0 fully saturated rings. The third-order valence-corrected chi connectivity index (χ3v) is 3.58. The molecule has 0 atom stereocenters. The average molecular weight is 296 g/mol. The van der Waals surface area contributed by atoms with E-state index in [0.717, 1.165) is 0 Å². The van der Waals surface area contributed by atoms with E-state index in [-0.39, 0.29) is 5.78 Å². The van der Waals surface area contributed by atoms with Gasteiger partial charge in [0.05, 0.1) is 12.2 Å². The summed E-state index contributed by atoms with van der Waals surface area (Å²) in [5.74, 6) is -0.356. The van der Waals surface area contributed by atoms with Crippen LogP contribution in [0.25, 0.3) is 0 Å². The van der Waals surface area contributed by atoms with Crippen LogP contribution >= 0.6 is 0 Å². The Balaban J connectivity index is 2.05. The number of Topliss-reactive ketones (excluding diaryl/α,β-unsaturated/α-hetero) is 1. The molecule has 114 valence electrons. The van der Waals surface area contributed by atoms with Gasteiger partial charge in [0.1, 0.15) is 0 Å². The molecule has 0 saturated carbocycles. The first kappa shape index (κ1) is 16.0. The Bertz CT molecular complexity index is 674. The molecule has 0 saturated heterocycles. The van der Waals surface area contributed by atoms with Crippen LogP contribution in [0.15, 0.2) is 48.5 Å². The number of hydrogen-bond acceptors (Lipinski definition) is 3. The highest BCUT2D eigenvalue weighted by molar-refractivity contribution is 5.99. The van der Waals surface area contributed by atoms with Crippen LogP contribution in [0.4, 0.5) is 0 Å². The first-order valence-electron chi connectivity index (χ1n) is 7.46. The predicted molar refractivity (Wildman–Crippen MR) is 86.2 cm³/mol. The number of ketones is 1. The van der Waals surface area contributed by atoms with Crippen molar-refractivity contribution < 1.29 is 14.3 Å². The van der Waals surface area contributed by atoms with Crippen molar-refractivity contribution in [3.63, 3.8) is 0 Å². The largest absolute Gasteiger partial charge is 0.462 e. The van der Waals surface area contributed by atoms with Crippen molar-refractivity contribution >= 4 is 11.8 Å². The second-order valence-corrected chi connectivity index (χ2v) is 5.15. The number of esters is 1. The number of carbonyl (C=O) groups excluding carboxylic acids is 2. The number of carbonyl (C=O) groups is 2. The van der Waals surface area contributed by atoms with Gasteiger partial charge in [0.15, 0.2) is 5.78 Å². The van der Waals surface area contributed by atoms with E-state index in [4.69, 9.17) is 4.74 Å². The minimum Gasteiger partial charge on any atom is -0.462 e. The molecule has 0 aliphatic rings. The van der Waals surface area contributed by atoms with E-state index in [2.05, 4.69) is 0 Å². The van der Waals surface area contributed by atoms with E-state index < -0.39 is 5.97 Å². The number of aryl methyl sites for hydroxylation is 2. The van der Waals surface area contributed by atoms with Crippen molar-refractivity contribution in [2.75, 3.05) is 6.61 Å². The monoisotopic (exact) mass is 296 g/mol. The van der Waals surface area contributed by atoms with E-state index in [1.54, 1.807) is 31.2 Å². The highest BCUT2D eigenvalue weighted by Crippen LogP contribution is 2.14. The lowest BCUT2D eigenvalue weighted by Crippen LogP contribution is -2.07. The molecule has 2 aromatic rings. The first-order chi connectivity index (χ1) is 10.6.